The summed E-state index contributed by atoms with van der Waals surface area (Å²) in [6.07, 6.45) is 3.25. The molecule has 0 aliphatic rings. The SMILES string of the molecule is Cc1noc(C)c1[C@H](C)CNC(=O)c1ccc2nccnc2c1. The summed E-state index contributed by atoms with van der Waals surface area (Å²) in [5.41, 5.74) is 3.97. The third-order valence-electron chi connectivity index (χ3n) is 3.88. The molecule has 0 bridgehead atoms. The number of nitrogens with zero attached hydrogens (tertiary/aromatic N) is 3. The summed E-state index contributed by atoms with van der Waals surface area (Å²) in [6.45, 7) is 6.35. The van der Waals surface area contributed by atoms with Gasteiger partial charge in [-0.3, -0.25) is 14.8 Å². The standard InChI is InChI=1S/C17H18N4O2/c1-10(16-11(2)21-23-12(16)3)9-20-17(22)13-4-5-14-15(8-13)19-7-6-18-14/h4-8,10H,9H2,1-3H3,(H,20,22)/t10-/m1/s1. The lowest BCUT2D eigenvalue weighted by atomic mass is 9.99. The van der Waals surface area contributed by atoms with Gasteiger partial charge in [0, 0.05) is 36.0 Å². The molecule has 118 valence electrons. The minimum absolute atomic E-state index is 0.129. The van der Waals surface area contributed by atoms with Gasteiger partial charge in [-0.05, 0) is 32.0 Å². The van der Waals surface area contributed by atoms with Crippen LogP contribution in [0.5, 0.6) is 0 Å². The van der Waals surface area contributed by atoms with Crippen molar-refractivity contribution in [3.05, 3.63) is 53.2 Å². The molecule has 0 fully saturated rings. The lowest BCUT2D eigenvalue weighted by Crippen LogP contribution is -2.27. The maximum absolute atomic E-state index is 12.3. The molecule has 1 N–H and O–H groups in total. The number of hydrogen-bond donors (Lipinski definition) is 1. The van der Waals surface area contributed by atoms with Crippen molar-refractivity contribution in [2.45, 2.75) is 26.7 Å². The summed E-state index contributed by atoms with van der Waals surface area (Å²) in [5, 5.41) is 6.90. The van der Waals surface area contributed by atoms with E-state index in [1.165, 1.54) is 0 Å². The van der Waals surface area contributed by atoms with Gasteiger partial charge in [0.25, 0.3) is 5.91 Å². The molecule has 3 rings (SSSR count). The molecule has 1 amide bonds. The largest absolute Gasteiger partial charge is 0.361 e. The molecule has 0 unspecified atom stereocenters. The summed E-state index contributed by atoms with van der Waals surface area (Å²) in [5.74, 6) is 0.798. The minimum Gasteiger partial charge on any atom is -0.361 e. The number of fused-ring (bicyclic) bond motifs is 1. The molecular weight excluding hydrogens is 292 g/mol. The van der Waals surface area contributed by atoms with Crippen molar-refractivity contribution < 1.29 is 9.32 Å². The number of aryl methyl sites for hydroxylation is 2. The Labute approximate surface area is 133 Å². The first-order valence-corrected chi connectivity index (χ1v) is 7.48. The van der Waals surface area contributed by atoms with Crippen LogP contribution in [0.15, 0.2) is 35.1 Å². The summed E-state index contributed by atoms with van der Waals surface area (Å²) >= 11 is 0. The molecule has 0 aliphatic carbocycles. The number of rotatable bonds is 4. The Bertz CT molecular complexity index is 837. The van der Waals surface area contributed by atoms with Gasteiger partial charge in [-0.15, -0.1) is 0 Å². The third-order valence-corrected chi connectivity index (χ3v) is 3.88. The van der Waals surface area contributed by atoms with Crippen LogP contribution < -0.4 is 5.32 Å². The molecule has 0 aliphatic heterocycles. The zero-order chi connectivity index (χ0) is 16.4. The van der Waals surface area contributed by atoms with Crippen LogP contribution >= 0.6 is 0 Å². The highest BCUT2D eigenvalue weighted by molar-refractivity contribution is 5.97. The van der Waals surface area contributed by atoms with E-state index in [2.05, 4.69) is 20.4 Å². The van der Waals surface area contributed by atoms with Crippen molar-refractivity contribution >= 4 is 16.9 Å². The van der Waals surface area contributed by atoms with Crippen LogP contribution in [0.25, 0.3) is 11.0 Å². The first-order valence-electron chi connectivity index (χ1n) is 7.48. The van der Waals surface area contributed by atoms with E-state index in [0.29, 0.717) is 17.6 Å². The lowest BCUT2D eigenvalue weighted by molar-refractivity contribution is 0.0951. The van der Waals surface area contributed by atoms with Crippen LogP contribution in [0.4, 0.5) is 0 Å². The van der Waals surface area contributed by atoms with Gasteiger partial charge in [-0.1, -0.05) is 12.1 Å². The molecule has 6 nitrogen and oxygen atoms in total. The zero-order valence-corrected chi connectivity index (χ0v) is 13.3. The van der Waals surface area contributed by atoms with Crippen molar-refractivity contribution in [2.24, 2.45) is 0 Å². The Kier molecular flexibility index (Phi) is 4.06. The van der Waals surface area contributed by atoms with Gasteiger partial charge in [0.05, 0.1) is 16.7 Å². The summed E-state index contributed by atoms with van der Waals surface area (Å²) in [7, 11) is 0. The predicted octanol–water partition coefficient (Wildman–Crippen LogP) is 2.77. The van der Waals surface area contributed by atoms with E-state index in [0.717, 1.165) is 22.5 Å². The van der Waals surface area contributed by atoms with Gasteiger partial charge < -0.3 is 9.84 Å². The smallest absolute Gasteiger partial charge is 0.251 e. The lowest BCUT2D eigenvalue weighted by Gasteiger charge is -2.12. The maximum atomic E-state index is 12.3. The van der Waals surface area contributed by atoms with Crippen molar-refractivity contribution in [3.8, 4) is 0 Å². The quantitative estimate of drug-likeness (QED) is 0.801. The normalized spacial score (nSPS) is 12.3. The van der Waals surface area contributed by atoms with Crippen LogP contribution in [-0.2, 0) is 0 Å². The number of carbonyl (C=O) groups excluding carboxylic acids is 1. The molecule has 2 heterocycles. The van der Waals surface area contributed by atoms with Gasteiger partial charge in [-0.25, -0.2) is 0 Å². The van der Waals surface area contributed by atoms with E-state index < -0.39 is 0 Å². The Morgan fingerprint density at radius 1 is 1.22 bits per heavy atom. The van der Waals surface area contributed by atoms with Gasteiger partial charge in [0.15, 0.2) is 0 Å². The second kappa shape index (κ2) is 6.16. The van der Waals surface area contributed by atoms with E-state index in [1.54, 1.807) is 30.6 Å². The maximum Gasteiger partial charge on any atom is 0.251 e. The highest BCUT2D eigenvalue weighted by Gasteiger charge is 2.17. The number of benzene rings is 1. The van der Waals surface area contributed by atoms with Gasteiger partial charge in [0.2, 0.25) is 0 Å². The second-order valence-electron chi connectivity index (χ2n) is 5.61. The average Bonchev–Trinajstić information content (AvgIpc) is 2.90. The van der Waals surface area contributed by atoms with Crippen molar-refractivity contribution in [2.75, 3.05) is 6.54 Å². The van der Waals surface area contributed by atoms with Crippen LogP contribution in [0, 0.1) is 13.8 Å². The first kappa shape index (κ1) is 15.1. The topological polar surface area (TPSA) is 80.9 Å². The predicted molar refractivity (Wildman–Crippen MR) is 86.3 cm³/mol. The second-order valence-corrected chi connectivity index (χ2v) is 5.61. The number of carbonyl (C=O) groups is 1. The molecule has 1 aromatic carbocycles. The number of aromatic nitrogens is 3. The molecule has 6 heteroatoms. The Hall–Kier alpha value is -2.76. The molecule has 3 aromatic rings. The number of amides is 1. The number of nitrogens with one attached hydrogen (secondary N) is 1. The molecule has 0 saturated heterocycles. The van der Waals surface area contributed by atoms with Crippen LogP contribution in [0.2, 0.25) is 0 Å². The molecule has 0 radical (unpaired) electrons. The van der Waals surface area contributed by atoms with E-state index in [1.807, 2.05) is 20.8 Å². The summed E-state index contributed by atoms with van der Waals surface area (Å²) in [4.78, 5) is 20.8. The zero-order valence-electron chi connectivity index (χ0n) is 13.3. The van der Waals surface area contributed by atoms with Crippen molar-refractivity contribution in [1.29, 1.82) is 0 Å². The van der Waals surface area contributed by atoms with Crippen LogP contribution in [0.1, 0.15) is 40.2 Å². The van der Waals surface area contributed by atoms with E-state index >= 15 is 0 Å². The summed E-state index contributed by atoms with van der Waals surface area (Å²) < 4.78 is 5.18. The van der Waals surface area contributed by atoms with Crippen molar-refractivity contribution in [1.82, 2.24) is 20.4 Å². The molecule has 1 atom stereocenters. The van der Waals surface area contributed by atoms with E-state index in [4.69, 9.17) is 4.52 Å². The Morgan fingerprint density at radius 2 is 1.96 bits per heavy atom. The first-order chi connectivity index (χ1) is 11.1. The number of hydrogen-bond acceptors (Lipinski definition) is 5. The van der Waals surface area contributed by atoms with Crippen molar-refractivity contribution in [3.63, 3.8) is 0 Å². The molecule has 0 spiro atoms. The fourth-order valence-electron chi connectivity index (χ4n) is 2.75. The molecular formula is C17H18N4O2. The fraction of sp³-hybridized carbons (Fsp3) is 0.294. The minimum atomic E-state index is -0.129. The van der Waals surface area contributed by atoms with E-state index in [9.17, 15) is 4.79 Å². The van der Waals surface area contributed by atoms with Gasteiger partial charge in [-0.2, -0.15) is 0 Å². The third kappa shape index (κ3) is 3.06. The highest BCUT2D eigenvalue weighted by Crippen LogP contribution is 2.22. The fourth-order valence-corrected chi connectivity index (χ4v) is 2.75. The molecule has 23 heavy (non-hydrogen) atoms. The average molecular weight is 310 g/mol. The highest BCUT2D eigenvalue weighted by atomic mass is 16.5. The monoisotopic (exact) mass is 310 g/mol. The molecule has 0 saturated carbocycles. The van der Waals surface area contributed by atoms with E-state index in [-0.39, 0.29) is 11.8 Å². The van der Waals surface area contributed by atoms with Gasteiger partial charge in [0.1, 0.15) is 5.76 Å². The molecule has 2 aromatic heterocycles. The van der Waals surface area contributed by atoms with Crippen LogP contribution in [0.3, 0.4) is 0 Å². The van der Waals surface area contributed by atoms with Gasteiger partial charge >= 0.3 is 0 Å². The van der Waals surface area contributed by atoms with Crippen LogP contribution in [-0.4, -0.2) is 27.6 Å². The Balaban J connectivity index is 1.71. The summed E-state index contributed by atoms with van der Waals surface area (Å²) in [6, 6.07) is 5.31. The Morgan fingerprint density at radius 3 is 2.65 bits per heavy atom.